The number of halogens is 1. The second kappa shape index (κ2) is 11.0. The molecule has 0 unspecified atom stereocenters. The first kappa shape index (κ1) is 26.1. The van der Waals surface area contributed by atoms with Crippen molar-refractivity contribution in [2.45, 2.75) is 49.1 Å². The van der Waals surface area contributed by atoms with Crippen molar-refractivity contribution in [1.29, 1.82) is 0 Å². The van der Waals surface area contributed by atoms with Gasteiger partial charge in [-0.05, 0) is 61.4 Å². The number of rotatable bonds is 6. The number of amides is 2. The number of carbonyl (C=O) groups is 2. The smallest absolute Gasteiger partial charge is 0.267 e. The summed E-state index contributed by atoms with van der Waals surface area (Å²) in [5.74, 6) is -0.553. The number of hydrogen-bond donors (Lipinski definition) is 2. The molecule has 1 atom stereocenters. The van der Waals surface area contributed by atoms with E-state index in [0.29, 0.717) is 22.0 Å². The topological polar surface area (TPSA) is 105 Å². The third-order valence-corrected chi connectivity index (χ3v) is 8.84. The zero-order valence-corrected chi connectivity index (χ0v) is 22.2. The van der Waals surface area contributed by atoms with Crippen molar-refractivity contribution in [3.63, 3.8) is 0 Å². The predicted octanol–water partition coefficient (Wildman–Crippen LogP) is 5.00. The quantitative estimate of drug-likeness (QED) is 0.447. The van der Waals surface area contributed by atoms with Crippen molar-refractivity contribution < 1.29 is 22.7 Å². The highest BCUT2D eigenvalue weighted by atomic mass is 35.5. The van der Waals surface area contributed by atoms with Gasteiger partial charge in [-0.15, -0.1) is 0 Å². The summed E-state index contributed by atoms with van der Waals surface area (Å²) in [6.07, 6.45) is 4.06. The Balaban J connectivity index is 1.38. The molecule has 2 aliphatic rings. The van der Waals surface area contributed by atoms with E-state index in [4.69, 9.17) is 16.3 Å². The van der Waals surface area contributed by atoms with Gasteiger partial charge in [0.05, 0.1) is 28.4 Å². The molecule has 2 amide bonds. The first-order valence-corrected chi connectivity index (χ1v) is 14.4. The average molecular weight is 554 g/mol. The second-order valence-electron chi connectivity index (χ2n) is 9.41. The van der Waals surface area contributed by atoms with Crippen molar-refractivity contribution in [3.05, 3.63) is 83.4 Å². The number of hydrogen-bond acceptors (Lipinski definition) is 5. The van der Waals surface area contributed by atoms with Crippen molar-refractivity contribution in [3.8, 4) is 5.75 Å². The molecule has 8 nitrogen and oxygen atoms in total. The lowest BCUT2D eigenvalue weighted by Crippen LogP contribution is -2.49. The van der Waals surface area contributed by atoms with Crippen LogP contribution in [0.15, 0.2) is 77.7 Å². The van der Waals surface area contributed by atoms with Gasteiger partial charge in [0.15, 0.2) is 6.10 Å². The van der Waals surface area contributed by atoms with E-state index in [1.807, 2.05) is 0 Å². The van der Waals surface area contributed by atoms with Crippen LogP contribution in [0.1, 0.15) is 42.5 Å². The third-order valence-electron chi connectivity index (χ3n) is 6.80. The Morgan fingerprint density at radius 2 is 1.58 bits per heavy atom. The standard InChI is InChI=1S/C28H28ClN3O5S/c29-19-14-16-21(17-15-19)38(35,36)32-18-26(37-25-13-7-6-12-24(25)32)28(34)31-23-11-5-4-10-22(23)27(33)30-20-8-2-1-3-9-20/h4-7,10-17,20,26H,1-3,8-9,18H2,(H,30,33)(H,31,34)/t26-/m1/s1. The summed E-state index contributed by atoms with van der Waals surface area (Å²) in [5.41, 5.74) is 1.01. The second-order valence-corrected chi connectivity index (χ2v) is 11.7. The number of fused-ring (bicyclic) bond motifs is 1. The Morgan fingerprint density at radius 3 is 2.34 bits per heavy atom. The zero-order valence-electron chi connectivity index (χ0n) is 20.6. The van der Waals surface area contributed by atoms with E-state index in [-0.39, 0.29) is 29.1 Å². The molecule has 1 aliphatic heterocycles. The predicted molar refractivity (Wildman–Crippen MR) is 146 cm³/mol. The number of anilines is 2. The molecule has 2 N–H and O–H groups in total. The first-order chi connectivity index (χ1) is 18.3. The molecule has 1 heterocycles. The molecule has 1 fully saturated rings. The molecular formula is C28H28ClN3O5S. The van der Waals surface area contributed by atoms with Crippen LogP contribution in [-0.4, -0.2) is 38.9 Å². The number of sulfonamides is 1. The SMILES string of the molecule is O=C(NC1CCCCC1)c1ccccc1NC(=O)[C@H]1CN(S(=O)(=O)c2ccc(Cl)cc2)c2ccccc2O1. The van der Waals surface area contributed by atoms with Gasteiger partial charge in [-0.1, -0.05) is 55.1 Å². The summed E-state index contributed by atoms with van der Waals surface area (Å²) in [7, 11) is -4.02. The maximum Gasteiger partial charge on any atom is 0.267 e. The van der Waals surface area contributed by atoms with Gasteiger partial charge in [0.1, 0.15) is 5.75 Å². The van der Waals surface area contributed by atoms with Crippen molar-refractivity contribution in [2.24, 2.45) is 0 Å². The third kappa shape index (κ3) is 5.49. The van der Waals surface area contributed by atoms with Crippen LogP contribution in [-0.2, 0) is 14.8 Å². The molecular weight excluding hydrogens is 526 g/mol. The van der Waals surface area contributed by atoms with Crippen LogP contribution in [0.3, 0.4) is 0 Å². The summed E-state index contributed by atoms with van der Waals surface area (Å²) in [6.45, 7) is -0.246. The lowest BCUT2D eigenvalue weighted by molar-refractivity contribution is -0.122. The normalized spacial score (nSPS) is 17.7. The summed E-state index contributed by atoms with van der Waals surface area (Å²) in [4.78, 5) is 26.5. The van der Waals surface area contributed by atoms with Crippen molar-refractivity contribution in [1.82, 2.24) is 5.32 Å². The van der Waals surface area contributed by atoms with E-state index in [1.54, 1.807) is 48.5 Å². The number of ether oxygens (including phenoxy) is 1. The molecule has 3 aromatic rings. The van der Waals surface area contributed by atoms with Gasteiger partial charge < -0.3 is 15.4 Å². The van der Waals surface area contributed by atoms with E-state index in [0.717, 1.165) is 25.7 Å². The minimum atomic E-state index is -4.02. The molecule has 1 aliphatic carbocycles. The monoisotopic (exact) mass is 553 g/mol. The van der Waals surface area contributed by atoms with Gasteiger partial charge in [-0.3, -0.25) is 13.9 Å². The Hall–Kier alpha value is -3.56. The van der Waals surface area contributed by atoms with Gasteiger partial charge in [0.2, 0.25) is 0 Å². The Morgan fingerprint density at radius 1 is 0.895 bits per heavy atom. The van der Waals surface area contributed by atoms with E-state index in [1.165, 1.54) is 35.0 Å². The summed E-state index contributed by atoms with van der Waals surface area (Å²) < 4.78 is 34.2. The van der Waals surface area contributed by atoms with E-state index >= 15 is 0 Å². The molecule has 198 valence electrons. The molecule has 0 bridgehead atoms. The summed E-state index contributed by atoms with van der Waals surface area (Å²) in [6, 6.07) is 19.4. The molecule has 5 rings (SSSR count). The number of carbonyl (C=O) groups excluding carboxylic acids is 2. The number of benzene rings is 3. The van der Waals surface area contributed by atoms with Gasteiger partial charge in [0, 0.05) is 11.1 Å². The summed E-state index contributed by atoms with van der Waals surface area (Å²) in [5, 5.41) is 6.27. The number of para-hydroxylation sites is 3. The fourth-order valence-electron chi connectivity index (χ4n) is 4.81. The Bertz CT molecular complexity index is 1440. The highest BCUT2D eigenvalue weighted by Crippen LogP contribution is 2.37. The van der Waals surface area contributed by atoms with Gasteiger partial charge in [-0.2, -0.15) is 0 Å². The van der Waals surface area contributed by atoms with E-state index in [2.05, 4.69) is 10.6 Å². The van der Waals surface area contributed by atoms with Gasteiger partial charge in [-0.25, -0.2) is 8.42 Å². The molecule has 3 aromatic carbocycles. The van der Waals surface area contributed by atoms with Crippen LogP contribution in [0, 0.1) is 0 Å². The van der Waals surface area contributed by atoms with Crippen LogP contribution >= 0.6 is 11.6 Å². The lowest BCUT2D eigenvalue weighted by atomic mass is 9.95. The van der Waals surface area contributed by atoms with Crippen LogP contribution in [0.2, 0.25) is 5.02 Å². The van der Waals surface area contributed by atoms with Crippen LogP contribution in [0.4, 0.5) is 11.4 Å². The minimum Gasteiger partial charge on any atom is -0.476 e. The number of nitrogens with zero attached hydrogens (tertiary/aromatic N) is 1. The molecule has 0 spiro atoms. The van der Waals surface area contributed by atoms with Crippen LogP contribution in [0.25, 0.3) is 0 Å². The molecule has 38 heavy (non-hydrogen) atoms. The van der Waals surface area contributed by atoms with E-state index < -0.39 is 22.0 Å². The zero-order chi connectivity index (χ0) is 26.7. The number of nitrogens with one attached hydrogen (secondary N) is 2. The van der Waals surface area contributed by atoms with Gasteiger partial charge >= 0.3 is 0 Å². The van der Waals surface area contributed by atoms with Crippen molar-refractivity contribution in [2.75, 3.05) is 16.2 Å². The van der Waals surface area contributed by atoms with Crippen LogP contribution < -0.4 is 19.7 Å². The van der Waals surface area contributed by atoms with Crippen LogP contribution in [0.5, 0.6) is 5.75 Å². The minimum absolute atomic E-state index is 0.0440. The molecule has 10 heteroatoms. The molecule has 1 saturated carbocycles. The summed E-state index contributed by atoms with van der Waals surface area (Å²) >= 11 is 5.95. The maximum absolute atomic E-state index is 13.6. The highest BCUT2D eigenvalue weighted by Gasteiger charge is 2.37. The maximum atomic E-state index is 13.6. The fraction of sp³-hybridized carbons (Fsp3) is 0.286. The molecule has 0 saturated heterocycles. The Labute approximate surface area is 227 Å². The van der Waals surface area contributed by atoms with Gasteiger partial charge in [0.25, 0.3) is 21.8 Å². The van der Waals surface area contributed by atoms with Crippen molar-refractivity contribution >= 4 is 44.8 Å². The molecule has 0 aromatic heterocycles. The fourth-order valence-corrected chi connectivity index (χ4v) is 6.42. The first-order valence-electron chi connectivity index (χ1n) is 12.6. The largest absolute Gasteiger partial charge is 0.476 e. The Kier molecular flexibility index (Phi) is 7.58. The average Bonchev–Trinajstić information content (AvgIpc) is 2.93. The molecule has 0 radical (unpaired) electrons. The van der Waals surface area contributed by atoms with E-state index in [9.17, 15) is 18.0 Å². The highest BCUT2D eigenvalue weighted by molar-refractivity contribution is 7.92. The lowest BCUT2D eigenvalue weighted by Gasteiger charge is -2.34.